The Morgan fingerprint density at radius 1 is 1.08 bits per heavy atom. The van der Waals surface area contributed by atoms with Gasteiger partial charge in [0.2, 0.25) is 11.8 Å². The van der Waals surface area contributed by atoms with Gasteiger partial charge in [-0.3, -0.25) is 19.2 Å². The Morgan fingerprint density at radius 3 is 2.32 bits per heavy atom. The van der Waals surface area contributed by atoms with Crippen LogP contribution in [-0.4, -0.2) is 82.1 Å². The molecule has 7 nitrogen and oxygen atoms in total. The summed E-state index contributed by atoms with van der Waals surface area (Å²) in [5.41, 5.74) is 2.23. The number of piperidine rings is 1. The van der Waals surface area contributed by atoms with Crippen LogP contribution in [0, 0.1) is 13.8 Å². The van der Waals surface area contributed by atoms with E-state index in [0.717, 1.165) is 38.2 Å². The van der Waals surface area contributed by atoms with Gasteiger partial charge in [-0.25, -0.2) is 0 Å². The summed E-state index contributed by atoms with van der Waals surface area (Å²) < 4.78 is 2.11. The number of aromatic nitrogens is 2. The minimum absolute atomic E-state index is 0.0501. The molecule has 2 aliphatic heterocycles. The number of rotatable bonds is 2. The summed E-state index contributed by atoms with van der Waals surface area (Å²) >= 11 is 0. The molecule has 0 aliphatic carbocycles. The van der Waals surface area contributed by atoms with Crippen molar-refractivity contribution in [3.63, 3.8) is 0 Å². The molecule has 3 heterocycles. The van der Waals surface area contributed by atoms with E-state index >= 15 is 0 Å². The fourth-order valence-corrected chi connectivity index (χ4v) is 3.98. The molecule has 2 fully saturated rings. The van der Waals surface area contributed by atoms with Crippen LogP contribution in [0.3, 0.4) is 0 Å². The molecule has 2 aliphatic rings. The number of carbonyl (C=O) groups excluding carboxylic acids is 2. The average Bonchev–Trinajstić information content (AvgIpc) is 2.93. The SMILES string of the molecule is CC(=O)N1CCN(C)C(C(=O)N2CCC(n3nc(C)cc3C)CC2)C1. The van der Waals surface area contributed by atoms with Crippen molar-refractivity contribution in [1.29, 1.82) is 0 Å². The van der Waals surface area contributed by atoms with Gasteiger partial charge in [-0.05, 0) is 39.8 Å². The maximum Gasteiger partial charge on any atom is 0.241 e. The lowest BCUT2D eigenvalue weighted by atomic mass is 10.0. The van der Waals surface area contributed by atoms with Gasteiger partial charge in [0.1, 0.15) is 6.04 Å². The molecule has 0 aromatic carbocycles. The highest BCUT2D eigenvalue weighted by molar-refractivity contribution is 5.83. The molecule has 1 aromatic rings. The lowest BCUT2D eigenvalue weighted by molar-refractivity contribution is -0.143. The molecule has 0 saturated carbocycles. The smallest absolute Gasteiger partial charge is 0.241 e. The molecule has 1 atom stereocenters. The van der Waals surface area contributed by atoms with E-state index < -0.39 is 0 Å². The lowest BCUT2D eigenvalue weighted by Gasteiger charge is -2.41. The number of nitrogens with zero attached hydrogens (tertiary/aromatic N) is 5. The minimum atomic E-state index is -0.220. The molecule has 2 saturated heterocycles. The Morgan fingerprint density at radius 2 is 1.76 bits per heavy atom. The third-order valence-corrected chi connectivity index (χ3v) is 5.55. The van der Waals surface area contributed by atoms with Gasteiger partial charge < -0.3 is 9.80 Å². The highest BCUT2D eigenvalue weighted by Crippen LogP contribution is 2.25. The third kappa shape index (κ3) is 3.71. The zero-order valence-electron chi connectivity index (χ0n) is 15.7. The monoisotopic (exact) mass is 347 g/mol. The van der Waals surface area contributed by atoms with Crippen LogP contribution >= 0.6 is 0 Å². The molecule has 0 radical (unpaired) electrons. The second kappa shape index (κ2) is 7.15. The Bertz CT molecular complexity index is 648. The molecular weight excluding hydrogens is 318 g/mol. The fraction of sp³-hybridized carbons (Fsp3) is 0.722. The summed E-state index contributed by atoms with van der Waals surface area (Å²) in [5.74, 6) is 0.203. The summed E-state index contributed by atoms with van der Waals surface area (Å²) in [6, 6.07) is 2.25. The number of likely N-dealkylation sites (N-methyl/N-ethyl adjacent to an activating group) is 1. The predicted octanol–water partition coefficient (Wildman–Crippen LogP) is 0.826. The molecule has 25 heavy (non-hydrogen) atoms. The first kappa shape index (κ1) is 17.9. The first-order valence-corrected chi connectivity index (χ1v) is 9.14. The number of amides is 2. The van der Waals surface area contributed by atoms with Gasteiger partial charge in [-0.1, -0.05) is 0 Å². The first-order valence-electron chi connectivity index (χ1n) is 9.14. The number of hydrogen-bond acceptors (Lipinski definition) is 4. The number of aryl methyl sites for hydroxylation is 2. The highest BCUT2D eigenvalue weighted by atomic mass is 16.2. The molecular formula is C18H29N5O2. The van der Waals surface area contributed by atoms with Crippen LogP contribution in [0.4, 0.5) is 0 Å². The average molecular weight is 347 g/mol. The van der Waals surface area contributed by atoms with Gasteiger partial charge >= 0.3 is 0 Å². The van der Waals surface area contributed by atoms with Crippen LogP contribution in [0.5, 0.6) is 0 Å². The molecule has 3 rings (SSSR count). The molecule has 138 valence electrons. The van der Waals surface area contributed by atoms with Crippen molar-refractivity contribution in [3.05, 3.63) is 17.5 Å². The normalized spacial score (nSPS) is 23.1. The van der Waals surface area contributed by atoms with Crippen LogP contribution in [0.1, 0.15) is 37.2 Å². The molecule has 2 amide bonds. The number of piperazine rings is 1. The predicted molar refractivity (Wildman–Crippen MR) is 95.2 cm³/mol. The van der Waals surface area contributed by atoms with E-state index in [0.29, 0.717) is 19.1 Å². The van der Waals surface area contributed by atoms with E-state index in [2.05, 4.69) is 27.7 Å². The van der Waals surface area contributed by atoms with Crippen molar-refractivity contribution >= 4 is 11.8 Å². The molecule has 0 N–H and O–H groups in total. The summed E-state index contributed by atoms with van der Waals surface area (Å²) in [6.07, 6.45) is 1.86. The molecule has 1 unspecified atom stereocenters. The Kier molecular flexibility index (Phi) is 5.13. The standard InChI is InChI=1S/C18H29N5O2/c1-13-11-14(2)23(19-13)16-5-7-21(8-6-16)18(25)17-12-22(15(3)24)10-9-20(17)4/h11,16-17H,5-10,12H2,1-4H3. The van der Waals surface area contributed by atoms with E-state index in [1.165, 1.54) is 5.69 Å². The Labute approximate surface area is 149 Å². The lowest BCUT2D eigenvalue weighted by Crippen LogP contribution is -2.59. The molecule has 1 aromatic heterocycles. The highest BCUT2D eigenvalue weighted by Gasteiger charge is 2.35. The van der Waals surface area contributed by atoms with Gasteiger partial charge in [-0.2, -0.15) is 5.10 Å². The second-order valence-corrected chi connectivity index (χ2v) is 7.39. The van der Waals surface area contributed by atoms with Crippen molar-refractivity contribution in [2.75, 3.05) is 39.8 Å². The van der Waals surface area contributed by atoms with Gasteiger partial charge in [0.05, 0.1) is 11.7 Å². The fourth-order valence-electron chi connectivity index (χ4n) is 3.98. The van der Waals surface area contributed by atoms with Crippen LogP contribution in [-0.2, 0) is 9.59 Å². The number of carbonyl (C=O) groups is 2. The van der Waals surface area contributed by atoms with Crippen molar-refractivity contribution in [3.8, 4) is 0 Å². The largest absolute Gasteiger partial charge is 0.341 e. The zero-order valence-corrected chi connectivity index (χ0v) is 15.7. The summed E-state index contributed by atoms with van der Waals surface area (Å²) in [6.45, 7) is 9.15. The van der Waals surface area contributed by atoms with Crippen LogP contribution in [0.2, 0.25) is 0 Å². The summed E-state index contributed by atoms with van der Waals surface area (Å²) in [5, 5.41) is 4.60. The van der Waals surface area contributed by atoms with Crippen molar-refractivity contribution in [1.82, 2.24) is 24.5 Å². The first-order chi connectivity index (χ1) is 11.9. The molecule has 7 heteroatoms. The van der Waals surface area contributed by atoms with Gasteiger partial charge in [0.15, 0.2) is 0 Å². The zero-order chi connectivity index (χ0) is 18.1. The number of likely N-dealkylation sites (tertiary alicyclic amines) is 1. The molecule has 0 spiro atoms. The Hall–Kier alpha value is -1.89. The minimum Gasteiger partial charge on any atom is -0.341 e. The van der Waals surface area contributed by atoms with Gasteiger partial charge in [-0.15, -0.1) is 0 Å². The van der Waals surface area contributed by atoms with Crippen LogP contribution in [0.15, 0.2) is 6.07 Å². The Balaban J connectivity index is 1.61. The summed E-state index contributed by atoms with van der Waals surface area (Å²) in [4.78, 5) is 30.5. The van der Waals surface area contributed by atoms with E-state index in [1.54, 1.807) is 11.8 Å². The van der Waals surface area contributed by atoms with Crippen molar-refractivity contribution < 1.29 is 9.59 Å². The van der Waals surface area contributed by atoms with E-state index in [9.17, 15) is 9.59 Å². The van der Waals surface area contributed by atoms with E-state index in [1.807, 2.05) is 18.9 Å². The quantitative estimate of drug-likeness (QED) is 0.795. The third-order valence-electron chi connectivity index (χ3n) is 5.55. The van der Waals surface area contributed by atoms with E-state index in [-0.39, 0.29) is 17.9 Å². The van der Waals surface area contributed by atoms with Crippen molar-refractivity contribution in [2.45, 2.75) is 45.7 Å². The van der Waals surface area contributed by atoms with Gasteiger partial charge in [0.25, 0.3) is 0 Å². The van der Waals surface area contributed by atoms with Crippen LogP contribution < -0.4 is 0 Å². The topological polar surface area (TPSA) is 61.7 Å². The second-order valence-electron chi connectivity index (χ2n) is 7.39. The van der Waals surface area contributed by atoms with Crippen LogP contribution in [0.25, 0.3) is 0 Å². The number of hydrogen-bond donors (Lipinski definition) is 0. The maximum absolute atomic E-state index is 13.0. The van der Waals surface area contributed by atoms with Crippen molar-refractivity contribution in [2.24, 2.45) is 0 Å². The van der Waals surface area contributed by atoms with Gasteiger partial charge in [0, 0.05) is 45.3 Å². The maximum atomic E-state index is 13.0. The van der Waals surface area contributed by atoms with E-state index in [4.69, 9.17) is 0 Å². The molecule has 0 bridgehead atoms. The summed E-state index contributed by atoms with van der Waals surface area (Å²) in [7, 11) is 1.97.